The lowest BCUT2D eigenvalue weighted by molar-refractivity contribution is 0.340. The van der Waals surface area contributed by atoms with Gasteiger partial charge >= 0.3 is 0 Å². The molecule has 0 bridgehead atoms. The van der Waals surface area contributed by atoms with Crippen molar-refractivity contribution in [1.29, 1.82) is 0 Å². The van der Waals surface area contributed by atoms with Gasteiger partial charge in [0, 0.05) is 11.1 Å². The van der Waals surface area contributed by atoms with Crippen molar-refractivity contribution >= 4 is 0 Å². The van der Waals surface area contributed by atoms with E-state index < -0.39 is 0 Å². The summed E-state index contributed by atoms with van der Waals surface area (Å²) in [4.78, 5) is 4.52. The van der Waals surface area contributed by atoms with E-state index in [-0.39, 0.29) is 0 Å². The van der Waals surface area contributed by atoms with E-state index in [2.05, 4.69) is 15.2 Å². The quantitative estimate of drug-likeness (QED) is 0.785. The molecule has 1 heterocycles. The molecule has 1 N–H and O–H groups in total. The number of benzene rings is 2. The smallest absolute Gasteiger partial charge is 0.181 e. The highest BCUT2D eigenvalue weighted by Crippen LogP contribution is 2.22. The number of rotatable bonds is 4. The van der Waals surface area contributed by atoms with E-state index in [1.807, 2.05) is 61.5 Å². The monoisotopic (exact) mass is 265 g/mol. The Hall–Kier alpha value is -2.62. The first-order valence-corrected chi connectivity index (χ1v) is 6.58. The fraction of sp³-hybridized carbons (Fsp3) is 0.125. The minimum absolute atomic E-state index is 0.666. The molecule has 0 saturated carbocycles. The molecule has 4 nitrogen and oxygen atoms in total. The van der Waals surface area contributed by atoms with E-state index >= 15 is 0 Å². The second-order valence-electron chi connectivity index (χ2n) is 4.33. The molecule has 2 aromatic carbocycles. The molecule has 1 aromatic heterocycles. The average molecular weight is 265 g/mol. The Labute approximate surface area is 117 Å². The third-order valence-corrected chi connectivity index (χ3v) is 2.96. The molecular weight excluding hydrogens is 250 g/mol. The van der Waals surface area contributed by atoms with Gasteiger partial charge in [-0.2, -0.15) is 5.10 Å². The largest absolute Gasteiger partial charge is 0.494 e. The van der Waals surface area contributed by atoms with Crippen molar-refractivity contribution in [2.45, 2.75) is 6.92 Å². The average Bonchev–Trinajstić information content (AvgIpc) is 2.99. The van der Waals surface area contributed by atoms with E-state index in [1.54, 1.807) is 0 Å². The maximum absolute atomic E-state index is 5.43. The SMILES string of the molecule is CCOc1ccc(-c2nc(-c3ccccc3)n[nH]2)cc1. The summed E-state index contributed by atoms with van der Waals surface area (Å²) in [5.41, 5.74) is 1.99. The third kappa shape index (κ3) is 2.54. The first kappa shape index (κ1) is 12.4. The Kier molecular flexibility index (Phi) is 3.46. The topological polar surface area (TPSA) is 50.8 Å². The lowest BCUT2D eigenvalue weighted by Gasteiger charge is -2.02. The van der Waals surface area contributed by atoms with Gasteiger partial charge in [-0.1, -0.05) is 30.3 Å². The Morgan fingerprint density at radius 3 is 2.40 bits per heavy atom. The molecule has 0 fully saturated rings. The maximum Gasteiger partial charge on any atom is 0.181 e. The van der Waals surface area contributed by atoms with Crippen LogP contribution >= 0.6 is 0 Å². The maximum atomic E-state index is 5.43. The molecule has 0 atom stereocenters. The predicted octanol–water partition coefficient (Wildman–Crippen LogP) is 3.54. The van der Waals surface area contributed by atoms with Crippen LogP contribution in [-0.2, 0) is 0 Å². The number of aromatic amines is 1. The van der Waals surface area contributed by atoms with Crippen LogP contribution in [0.2, 0.25) is 0 Å². The van der Waals surface area contributed by atoms with Gasteiger partial charge in [-0.05, 0) is 31.2 Å². The fourth-order valence-corrected chi connectivity index (χ4v) is 1.98. The van der Waals surface area contributed by atoms with Crippen molar-refractivity contribution in [3.05, 3.63) is 54.6 Å². The van der Waals surface area contributed by atoms with Crippen LogP contribution in [0.15, 0.2) is 54.6 Å². The van der Waals surface area contributed by atoms with E-state index in [0.717, 1.165) is 22.7 Å². The van der Waals surface area contributed by atoms with E-state index in [1.165, 1.54) is 0 Å². The first-order chi connectivity index (χ1) is 9.86. The van der Waals surface area contributed by atoms with Gasteiger partial charge in [0.15, 0.2) is 11.6 Å². The molecule has 0 amide bonds. The van der Waals surface area contributed by atoms with Crippen molar-refractivity contribution in [1.82, 2.24) is 15.2 Å². The van der Waals surface area contributed by atoms with Crippen molar-refractivity contribution < 1.29 is 4.74 Å². The Morgan fingerprint density at radius 2 is 1.70 bits per heavy atom. The van der Waals surface area contributed by atoms with Gasteiger partial charge in [0.1, 0.15) is 5.75 Å². The molecule has 4 heteroatoms. The standard InChI is InChI=1S/C16H15N3O/c1-2-20-14-10-8-13(9-11-14)16-17-15(18-19-16)12-6-4-3-5-7-12/h3-11H,2H2,1H3,(H,17,18,19). The normalized spacial score (nSPS) is 10.4. The molecule has 0 aliphatic rings. The number of nitrogens with one attached hydrogen (secondary N) is 1. The van der Waals surface area contributed by atoms with E-state index in [0.29, 0.717) is 12.4 Å². The van der Waals surface area contributed by atoms with Crippen LogP contribution in [0, 0.1) is 0 Å². The van der Waals surface area contributed by atoms with Gasteiger partial charge in [0.25, 0.3) is 0 Å². The molecule has 3 rings (SSSR count). The van der Waals surface area contributed by atoms with Crippen LogP contribution < -0.4 is 4.74 Å². The number of nitrogens with zero attached hydrogens (tertiary/aromatic N) is 2. The molecule has 3 aromatic rings. The number of hydrogen-bond acceptors (Lipinski definition) is 3. The number of H-pyrrole nitrogens is 1. The van der Waals surface area contributed by atoms with Gasteiger partial charge in [-0.25, -0.2) is 4.98 Å². The van der Waals surface area contributed by atoms with Crippen LogP contribution in [-0.4, -0.2) is 21.8 Å². The molecule has 0 aliphatic carbocycles. The van der Waals surface area contributed by atoms with E-state index in [9.17, 15) is 0 Å². The number of hydrogen-bond donors (Lipinski definition) is 1. The number of ether oxygens (including phenoxy) is 1. The van der Waals surface area contributed by atoms with Crippen molar-refractivity contribution in [3.63, 3.8) is 0 Å². The second kappa shape index (κ2) is 5.57. The van der Waals surface area contributed by atoms with Crippen molar-refractivity contribution in [2.75, 3.05) is 6.61 Å². The summed E-state index contributed by atoms with van der Waals surface area (Å²) in [7, 11) is 0. The molecular formula is C16H15N3O. The van der Waals surface area contributed by atoms with Crippen LogP contribution in [0.5, 0.6) is 5.75 Å². The van der Waals surface area contributed by atoms with Gasteiger partial charge in [0.05, 0.1) is 6.61 Å². The van der Waals surface area contributed by atoms with Crippen molar-refractivity contribution in [3.8, 4) is 28.5 Å². The zero-order valence-electron chi connectivity index (χ0n) is 11.2. The Bertz CT molecular complexity index is 674. The molecule has 0 saturated heterocycles. The van der Waals surface area contributed by atoms with Crippen LogP contribution in [0.4, 0.5) is 0 Å². The highest BCUT2D eigenvalue weighted by atomic mass is 16.5. The summed E-state index contributed by atoms with van der Waals surface area (Å²) in [6.07, 6.45) is 0. The second-order valence-corrected chi connectivity index (χ2v) is 4.33. The molecule has 0 radical (unpaired) electrons. The molecule has 0 aliphatic heterocycles. The molecule has 0 unspecified atom stereocenters. The van der Waals surface area contributed by atoms with Gasteiger partial charge in [-0.3, -0.25) is 5.10 Å². The summed E-state index contributed by atoms with van der Waals surface area (Å²) in [6.45, 7) is 2.64. The highest BCUT2D eigenvalue weighted by Gasteiger charge is 2.07. The van der Waals surface area contributed by atoms with Gasteiger partial charge in [0.2, 0.25) is 0 Å². The fourth-order valence-electron chi connectivity index (χ4n) is 1.98. The van der Waals surface area contributed by atoms with Crippen molar-refractivity contribution in [2.24, 2.45) is 0 Å². The molecule has 0 spiro atoms. The summed E-state index contributed by atoms with van der Waals surface area (Å²) >= 11 is 0. The molecule has 20 heavy (non-hydrogen) atoms. The van der Waals surface area contributed by atoms with Gasteiger partial charge < -0.3 is 4.74 Å². The Balaban J connectivity index is 1.86. The van der Waals surface area contributed by atoms with E-state index in [4.69, 9.17) is 4.74 Å². The lowest BCUT2D eigenvalue weighted by Crippen LogP contribution is -1.90. The third-order valence-electron chi connectivity index (χ3n) is 2.96. The Morgan fingerprint density at radius 1 is 0.950 bits per heavy atom. The van der Waals surface area contributed by atoms with Gasteiger partial charge in [-0.15, -0.1) is 0 Å². The minimum atomic E-state index is 0.666. The van der Waals surface area contributed by atoms with Crippen LogP contribution in [0.3, 0.4) is 0 Å². The minimum Gasteiger partial charge on any atom is -0.494 e. The zero-order valence-corrected chi connectivity index (χ0v) is 11.2. The van der Waals surface area contributed by atoms with Crippen LogP contribution in [0.25, 0.3) is 22.8 Å². The summed E-state index contributed by atoms with van der Waals surface area (Å²) in [5, 5.41) is 7.22. The lowest BCUT2D eigenvalue weighted by atomic mass is 10.2. The first-order valence-electron chi connectivity index (χ1n) is 6.58. The number of aromatic nitrogens is 3. The predicted molar refractivity (Wildman–Crippen MR) is 78.4 cm³/mol. The summed E-state index contributed by atoms with van der Waals surface area (Å²) < 4.78 is 5.43. The highest BCUT2D eigenvalue weighted by molar-refractivity contribution is 5.61. The molecule has 100 valence electrons. The summed E-state index contributed by atoms with van der Waals surface area (Å²) in [6, 6.07) is 17.7. The summed E-state index contributed by atoms with van der Waals surface area (Å²) in [5.74, 6) is 2.32. The zero-order chi connectivity index (χ0) is 13.8. The van der Waals surface area contributed by atoms with Crippen LogP contribution in [0.1, 0.15) is 6.92 Å².